The zero-order chi connectivity index (χ0) is 16.9. The van der Waals surface area contributed by atoms with Crippen molar-refractivity contribution in [1.82, 2.24) is 5.32 Å². The number of benzene rings is 2. The second-order valence-corrected chi connectivity index (χ2v) is 5.81. The normalized spacial score (nSPS) is 13.4. The van der Waals surface area contributed by atoms with E-state index < -0.39 is 6.10 Å². The molecule has 5 heteroatoms. The molecule has 0 bridgehead atoms. The molecule has 2 aromatic rings. The maximum Gasteiger partial charge on any atom is 0.260 e. The Morgan fingerprint density at radius 1 is 1.21 bits per heavy atom. The Hall–Kier alpha value is -2.69. The monoisotopic (exact) mass is 327 g/mol. The van der Waals surface area contributed by atoms with Crippen LogP contribution in [0.1, 0.15) is 18.1 Å². The third-order valence-corrected chi connectivity index (χ3v) is 3.82. The van der Waals surface area contributed by atoms with Gasteiger partial charge in [0.2, 0.25) is 6.79 Å². The molecule has 0 aromatic heterocycles. The van der Waals surface area contributed by atoms with Crippen LogP contribution in [0.15, 0.2) is 42.5 Å². The molecule has 0 radical (unpaired) electrons. The molecule has 5 nitrogen and oxygen atoms in total. The van der Waals surface area contributed by atoms with Gasteiger partial charge in [-0.05, 0) is 55.7 Å². The van der Waals surface area contributed by atoms with Gasteiger partial charge in [-0.1, -0.05) is 18.2 Å². The number of aryl methyl sites for hydroxylation is 1. The highest BCUT2D eigenvalue weighted by atomic mass is 16.7. The van der Waals surface area contributed by atoms with Gasteiger partial charge in [0, 0.05) is 6.54 Å². The lowest BCUT2D eigenvalue weighted by atomic mass is 10.1. The minimum absolute atomic E-state index is 0.128. The summed E-state index contributed by atoms with van der Waals surface area (Å²) in [6.45, 7) is 4.55. The van der Waals surface area contributed by atoms with Crippen LogP contribution in [0.5, 0.6) is 17.2 Å². The molecule has 1 aliphatic heterocycles. The Morgan fingerprint density at radius 3 is 2.88 bits per heavy atom. The highest BCUT2D eigenvalue weighted by Crippen LogP contribution is 2.32. The summed E-state index contributed by atoms with van der Waals surface area (Å²) in [5.74, 6) is 2.10. The number of carbonyl (C=O) groups excluding carboxylic acids is 1. The topological polar surface area (TPSA) is 56.8 Å². The van der Waals surface area contributed by atoms with Gasteiger partial charge in [0.1, 0.15) is 5.75 Å². The molecule has 1 aliphatic rings. The lowest BCUT2D eigenvalue weighted by Gasteiger charge is -2.15. The first-order valence-electron chi connectivity index (χ1n) is 8.01. The number of hydrogen-bond donors (Lipinski definition) is 1. The SMILES string of the molecule is Cc1cccc(OC(C)C(=O)NCCc2ccc3c(c2)OCO3)c1. The van der Waals surface area contributed by atoms with Gasteiger partial charge in [0.25, 0.3) is 5.91 Å². The number of carbonyl (C=O) groups is 1. The zero-order valence-electron chi connectivity index (χ0n) is 13.9. The second-order valence-electron chi connectivity index (χ2n) is 5.81. The summed E-state index contributed by atoms with van der Waals surface area (Å²) in [4.78, 5) is 12.1. The molecular weight excluding hydrogens is 306 g/mol. The highest BCUT2D eigenvalue weighted by molar-refractivity contribution is 5.80. The predicted molar refractivity (Wildman–Crippen MR) is 90.5 cm³/mol. The minimum atomic E-state index is -0.538. The van der Waals surface area contributed by atoms with Crippen LogP contribution in [0.25, 0.3) is 0 Å². The van der Waals surface area contributed by atoms with Gasteiger partial charge < -0.3 is 19.5 Å². The van der Waals surface area contributed by atoms with Crippen molar-refractivity contribution in [3.63, 3.8) is 0 Å². The molecule has 0 fully saturated rings. The van der Waals surface area contributed by atoms with Crippen molar-refractivity contribution < 1.29 is 19.0 Å². The standard InChI is InChI=1S/C19H21NO4/c1-13-4-3-5-16(10-13)24-14(2)19(21)20-9-8-15-6-7-17-18(11-15)23-12-22-17/h3-7,10-11,14H,8-9,12H2,1-2H3,(H,20,21). The number of ether oxygens (including phenoxy) is 3. The molecule has 0 saturated carbocycles. The minimum Gasteiger partial charge on any atom is -0.481 e. The smallest absolute Gasteiger partial charge is 0.260 e. The number of nitrogens with one attached hydrogen (secondary N) is 1. The number of amides is 1. The van der Waals surface area contributed by atoms with Crippen molar-refractivity contribution in [1.29, 1.82) is 0 Å². The van der Waals surface area contributed by atoms with E-state index >= 15 is 0 Å². The summed E-state index contributed by atoms with van der Waals surface area (Å²) in [7, 11) is 0. The van der Waals surface area contributed by atoms with Gasteiger partial charge in [-0.25, -0.2) is 0 Å². The van der Waals surface area contributed by atoms with E-state index in [1.807, 2.05) is 49.4 Å². The van der Waals surface area contributed by atoms with E-state index in [1.54, 1.807) is 6.92 Å². The average molecular weight is 327 g/mol. The van der Waals surface area contributed by atoms with E-state index in [0.717, 1.165) is 29.0 Å². The predicted octanol–water partition coefficient (Wildman–Crippen LogP) is 2.85. The van der Waals surface area contributed by atoms with E-state index in [1.165, 1.54) is 0 Å². The molecule has 0 aliphatic carbocycles. The largest absolute Gasteiger partial charge is 0.481 e. The molecule has 0 saturated heterocycles. The quantitative estimate of drug-likeness (QED) is 0.886. The van der Waals surface area contributed by atoms with Crippen LogP contribution >= 0.6 is 0 Å². The van der Waals surface area contributed by atoms with Crippen LogP contribution in [-0.4, -0.2) is 25.3 Å². The van der Waals surface area contributed by atoms with E-state index in [2.05, 4.69) is 5.32 Å². The fourth-order valence-electron chi connectivity index (χ4n) is 2.52. The zero-order valence-corrected chi connectivity index (χ0v) is 13.9. The molecule has 2 aromatic carbocycles. The third kappa shape index (κ3) is 3.98. The molecule has 126 valence electrons. The van der Waals surface area contributed by atoms with Crippen LogP contribution in [0.3, 0.4) is 0 Å². The molecule has 0 spiro atoms. The van der Waals surface area contributed by atoms with Crippen LogP contribution in [0.2, 0.25) is 0 Å². The summed E-state index contributed by atoms with van der Waals surface area (Å²) in [5.41, 5.74) is 2.19. The van der Waals surface area contributed by atoms with Crippen molar-refractivity contribution in [3.05, 3.63) is 53.6 Å². The first-order chi connectivity index (χ1) is 11.6. The van der Waals surface area contributed by atoms with Crippen molar-refractivity contribution >= 4 is 5.91 Å². The number of rotatable bonds is 6. The van der Waals surface area contributed by atoms with Gasteiger partial charge in [-0.15, -0.1) is 0 Å². The van der Waals surface area contributed by atoms with Crippen LogP contribution in [0, 0.1) is 6.92 Å². The first-order valence-corrected chi connectivity index (χ1v) is 8.01. The molecule has 1 heterocycles. The molecule has 1 N–H and O–H groups in total. The number of hydrogen-bond acceptors (Lipinski definition) is 4. The lowest BCUT2D eigenvalue weighted by Crippen LogP contribution is -2.37. The highest BCUT2D eigenvalue weighted by Gasteiger charge is 2.15. The first kappa shape index (κ1) is 16.2. The van der Waals surface area contributed by atoms with Crippen molar-refractivity contribution in [2.45, 2.75) is 26.4 Å². The fourth-order valence-corrected chi connectivity index (χ4v) is 2.52. The van der Waals surface area contributed by atoms with Gasteiger partial charge in [0.05, 0.1) is 0 Å². The molecule has 1 atom stereocenters. The van der Waals surface area contributed by atoms with Crippen LogP contribution in [-0.2, 0) is 11.2 Å². The van der Waals surface area contributed by atoms with Crippen molar-refractivity contribution in [3.8, 4) is 17.2 Å². The summed E-state index contributed by atoms with van der Waals surface area (Å²) >= 11 is 0. The average Bonchev–Trinajstić information content (AvgIpc) is 3.02. The van der Waals surface area contributed by atoms with Crippen molar-refractivity contribution in [2.24, 2.45) is 0 Å². The maximum atomic E-state index is 12.1. The second kappa shape index (κ2) is 7.25. The molecular formula is C19H21NO4. The van der Waals surface area contributed by atoms with Gasteiger partial charge >= 0.3 is 0 Å². The van der Waals surface area contributed by atoms with Gasteiger partial charge in [0.15, 0.2) is 17.6 Å². The van der Waals surface area contributed by atoms with E-state index in [-0.39, 0.29) is 12.7 Å². The Labute approximate surface area is 141 Å². The Kier molecular flexibility index (Phi) is 4.89. The summed E-state index contributed by atoms with van der Waals surface area (Å²) < 4.78 is 16.3. The summed E-state index contributed by atoms with van der Waals surface area (Å²) in [5, 5.41) is 2.90. The maximum absolute atomic E-state index is 12.1. The molecule has 1 amide bonds. The van der Waals surface area contributed by atoms with E-state index in [9.17, 15) is 4.79 Å². The molecule has 3 rings (SSSR count). The van der Waals surface area contributed by atoms with Gasteiger partial charge in [-0.2, -0.15) is 0 Å². The lowest BCUT2D eigenvalue weighted by molar-refractivity contribution is -0.127. The Bertz CT molecular complexity index is 729. The number of fused-ring (bicyclic) bond motifs is 1. The van der Waals surface area contributed by atoms with Crippen LogP contribution < -0.4 is 19.5 Å². The van der Waals surface area contributed by atoms with Crippen molar-refractivity contribution in [2.75, 3.05) is 13.3 Å². The van der Waals surface area contributed by atoms with Crippen LogP contribution in [0.4, 0.5) is 0 Å². The fraction of sp³-hybridized carbons (Fsp3) is 0.316. The Morgan fingerprint density at radius 2 is 2.04 bits per heavy atom. The van der Waals surface area contributed by atoms with E-state index in [0.29, 0.717) is 12.3 Å². The summed E-state index contributed by atoms with van der Waals surface area (Å²) in [6, 6.07) is 13.5. The Balaban J connectivity index is 1.46. The summed E-state index contributed by atoms with van der Waals surface area (Å²) in [6.07, 6.45) is 0.183. The van der Waals surface area contributed by atoms with E-state index in [4.69, 9.17) is 14.2 Å². The van der Waals surface area contributed by atoms with Gasteiger partial charge in [-0.3, -0.25) is 4.79 Å². The molecule has 24 heavy (non-hydrogen) atoms. The molecule has 1 unspecified atom stereocenters. The third-order valence-electron chi connectivity index (χ3n) is 3.82.